The summed E-state index contributed by atoms with van der Waals surface area (Å²) in [5, 5.41) is 3.94. The van der Waals surface area contributed by atoms with Crippen molar-refractivity contribution in [3.63, 3.8) is 0 Å². The molecule has 0 saturated carbocycles. The fourth-order valence-electron chi connectivity index (χ4n) is 1.57. The second kappa shape index (κ2) is 3.73. The van der Waals surface area contributed by atoms with Crippen molar-refractivity contribution in [1.29, 1.82) is 0 Å². The van der Waals surface area contributed by atoms with E-state index in [1.807, 2.05) is 24.3 Å². The molecule has 4 heteroatoms. The highest BCUT2D eigenvalue weighted by molar-refractivity contribution is 5.66. The Hall–Kier alpha value is -2.23. The summed E-state index contributed by atoms with van der Waals surface area (Å²) >= 11 is 0. The largest absolute Gasteiger partial charge is 0.334 e. The number of hydrogen-bond donors (Lipinski definition) is 0. The molecule has 2 aromatic heterocycles. The van der Waals surface area contributed by atoms with Gasteiger partial charge in [-0.25, -0.2) is 0 Å². The van der Waals surface area contributed by atoms with Crippen LogP contribution in [0.3, 0.4) is 0 Å². The van der Waals surface area contributed by atoms with Crippen molar-refractivity contribution in [3.05, 3.63) is 48.6 Å². The minimum Gasteiger partial charge on any atom is -0.334 e. The lowest BCUT2D eigenvalue weighted by Crippen LogP contribution is -1.83. The predicted molar refractivity (Wildman–Crippen MR) is 59.3 cm³/mol. The molecule has 0 aliphatic heterocycles. The molecule has 4 nitrogen and oxygen atoms in total. The first kappa shape index (κ1) is 9.03. The van der Waals surface area contributed by atoms with Gasteiger partial charge in [0.2, 0.25) is 5.82 Å². The summed E-state index contributed by atoms with van der Waals surface area (Å²) in [6, 6.07) is 3.75. The molecular formula is C12H9N3O. The second-order valence-electron chi connectivity index (χ2n) is 3.49. The van der Waals surface area contributed by atoms with Crippen LogP contribution >= 0.6 is 0 Å². The third kappa shape index (κ3) is 1.54. The summed E-state index contributed by atoms with van der Waals surface area (Å²) < 4.78 is 5.21. The molecule has 0 spiro atoms. The van der Waals surface area contributed by atoms with Gasteiger partial charge in [0, 0.05) is 23.5 Å². The van der Waals surface area contributed by atoms with Crippen LogP contribution in [0.25, 0.3) is 17.0 Å². The lowest BCUT2D eigenvalue weighted by molar-refractivity contribution is 0.407. The van der Waals surface area contributed by atoms with Crippen molar-refractivity contribution in [2.45, 2.75) is 6.42 Å². The first-order chi connectivity index (χ1) is 7.93. The molecule has 0 fully saturated rings. The van der Waals surface area contributed by atoms with E-state index < -0.39 is 0 Å². The van der Waals surface area contributed by atoms with E-state index in [9.17, 15) is 0 Å². The van der Waals surface area contributed by atoms with Crippen LogP contribution < -0.4 is 0 Å². The van der Waals surface area contributed by atoms with E-state index in [0.717, 1.165) is 17.6 Å². The highest BCUT2D eigenvalue weighted by Crippen LogP contribution is 2.23. The van der Waals surface area contributed by atoms with Gasteiger partial charge in [-0.1, -0.05) is 23.4 Å². The van der Waals surface area contributed by atoms with E-state index >= 15 is 0 Å². The smallest absolute Gasteiger partial charge is 0.254 e. The standard InChI is InChI=1S/C12H9N3O/c1-2-5-9(4-1)12-14-11(15-16-12)10-6-3-7-13-8-10/h1-4,6-8H,5H2. The van der Waals surface area contributed by atoms with Crippen molar-refractivity contribution in [1.82, 2.24) is 15.1 Å². The maximum Gasteiger partial charge on any atom is 0.254 e. The zero-order valence-corrected chi connectivity index (χ0v) is 8.50. The molecular weight excluding hydrogens is 202 g/mol. The third-order valence-electron chi connectivity index (χ3n) is 2.39. The van der Waals surface area contributed by atoms with E-state index in [1.165, 1.54) is 0 Å². The third-order valence-corrected chi connectivity index (χ3v) is 2.39. The predicted octanol–water partition coefficient (Wildman–Crippen LogP) is 2.47. The number of hydrogen-bond acceptors (Lipinski definition) is 4. The Morgan fingerprint density at radius 2 is 2.31 bits per heavy atom. The van der Waals surface area contributed by atoms with Gasteiger partial charge < -0.3 is 4.52 Å². The van der Waals surface area contributed by atoms with Crippen molar-refractivity contribution in [2.24, 2.45) is 0 Å². The highest BCUT2D eigenvalue weighted by Gasteiger charge is 2.12. The molecule has 2 heterocycles. The Morgan fingerprint density at radius 1 is 1.31 bits per heavy atom. The van der Waals surface area contributed by atoms with E-state index in [4.69, 9.17) is 4.52 Å². The quantitative estimate of drug-likeness (QED) is 0.765. The molecule has 0 atom stereocenters. The summed E-state index contributed by atoms with van der Waals surface area (Å²) in [4.78, 5) is 8.36. The van der Waals surface area contributed by atoms with Crippen LogP contribution in [0.1, 0.15) is 12.3 Å². The second-order valence-corrected chi connectivity index (χ2v) is 3.49. The van der Waals surface area contributed by atoms with Crippen LogP contribution in [-0.4, -0.2) is 15.1 Å². The molecule has 3 rings (SSSR count). The van der Waals surface area contributed by atoms with Crippen molar-refractivity contribution >= 4 is 5.57 Å². The van der Waals surface area contributed by atoms with Gasteiger partial charge in [0.25, 0.3) is 5.89 Å². The van der Waals surface area contributed by atoms with Crippen molar-refractivity contribution in [3.8, 4) is 11.4 Å². The Balaban J connectivity index is 1.94. The number of allylic oxidation sites excluding steroid dienone is 4. The molecule has 0 unspecified atom stereocenters. The van der Waals surface area contributed by atoms with Gasteiger partial charge in [-0.15, -0.1) is 0 Å². The summed E-state index contributed by atoms with van der Waals surface area (Å²) in [5.41, 5.74) is 1.92. The van der Waals surface area contributed by atoms with Crippen LogP contribution in [0.15, 0.2) is 47.3 Å². The number of rotatable bonds is 2. The fraction of sp³-hybridized carbons (Fsp3) is 0.0833. The Kier molecular flexibility index (Phi) is 2.11. The molecule has 0 saturated heterocycles. The Labute approximate surface area is 92.3 Å². The van der Waals surface area contributed by atoms with E-state index in [-0.39, 0.29) is 0 Å². The average molecular weight is 211 g/mol. The SMILES string of the molecule is C1=CCC(c2nc(-c3cccnc3)no2)=C1. The molecule has 78 valence electrons. The number of nitrogens with zero attached hydrogens (tertiary/aromatic N) is 3. The topological polar surface area (TPSA) is 51.8 Å². The van der Waals surface area contributed by atoms with Crippen LogP contribution in [0, 0.1) is 0 Å². The van der Waals surface area contributed by atoms with Gasteiger partial charge in [-0.3, -0.25) is 4.98 Å². The lowest BCUT2D eigenvalue weighted by atomic mass is 10.2. The van der Waals surface area contributed by atoms with Gasteiger partial charge >= 0.3 is 0 Å². The fourth-order valence-corrected chi connectivity index (χ4v) is 1.57. The normalized spacial score (nSPS) is 14.1. The number of pyridine rings is 1. The number of aromatic nitrogens is 3. The highest BCUT2D eigenvalue weighted by atomic mass is 16.5. The zero-order chi connectivity index (χ0) is 10.8. The molecule has 0 amide bonds. The monoisotopic (exact) mass is 211 g/mol. The lowest BCUT2D eigenvalue weighted by Gasteiger charge is -1.91. The van der Waals surface area contributed by atoms with Gasteiger partial charge in [0.1, 0.15) is 0 Å². The molecule has 16 heavy (non-hydrogen) atoms. The minimum absolute atomic E-state index is 0.580. The molecule has 0 radical (unpaired) electrons. The molecule has 0 bridgehead atoms. The zero-order valence-electron chi connectivity index (χ0n) is 8.50. The van der Waals surface area contributed by atoms with Crippen LogP contribution in [-0.2, 0) is 0 Å². The first-order valence-electron chi connectivity index (χ1n) is 5.04. The average Bonchev–Trinajstić information content (AvgIpc) is 3.01. The molecule has 1 aliphatic carbocycles. The minimum atomic E-state index is 0.580. The summed E-state index contributed by atoms with van der Waals surface area (Å²) in [5.74, 6) is 1.17. The van der Waals surface area contributed by atoms with Crippen LogP contribution in [0.4, 0.5) is 0 Å². The van der Waals surface area contributed by atoms with Gasteiger partial charge in [-0.05, 0) is 18.6 Å². The Morgan fingerprint density at radius 3 is 3.06 bits per heavy atom. The molecule has 0 N–H and O–H groups in total. The van der Waals surface area contributed by atoms with E-state index in [0.29, 0.717) is 11.7 Å². The molecule has 2 aromatic rings. The maximum atomic E-state index is 5.21. The van der Waals surface area contributed by atoms with E-state index in [1.54, 1.807) is 12.4 Å². The summed E-state index contributed by atoms with van der Waals surface area (Å²) in [7, 11) is 0. The first-order valence-corrected chi connectivity index (χ1v) is 5.04. The molecule has 0 aromatic carbocycles. The molecule has 1 aliphatic rings. The van der Waals surface area contributed by atoms with Crippen molar-refractivity contribution in [2.75, 3.05) is 0 Å². The van der Waals surface area contributed by atoms with Gasteiger partial charge in [0.05, 0.1) is 0 Å². The summed E-state index contributed by atoms with van der Waals surface area (Å²) in [6.45, 7) is 0. The van der Waals surface area contributed by atoms with Gasteiger partial charge in [-0.2, -0.15) is 4.98 Å². The van der Waals surface area contributed by atoms with E-state index in [2.05, 4.69) is 21.2 Å². The Bertz CT molecular complexity index is 555. The summed E-state index contributed by atoms with van der Waals surface area (Å²) in [6.07, 6.45) is 10.3. The van der Waals surface area contributed by atoms with Crippen molar-refractivity contribution < 1.29 is 4.52 Å². The van der Waals surface area contributed by atoms with Crippen LogP contribution in [0.2, 0.25) is 0 Å². The maximum absolute atomic E-state index is 5.21. The van der Waals surface area contributed by atoms with Gasteiger partial charge in [0.15, 0.2) is 0 Å². The van der Waals surface area contributed by atoms with Crippen LogP contribution in [0.5, 0.6) is 0 Å².